The Hall–Kier alpha value is -3.20. The fourth-order valence-corrected chi connectivity index (χ4v) is 4.19. The van der Waals surface area contributed by atoms with Crippen LogP contribution in [-0.4, -0.2) is 51.1 Å². The van der Waals surface area contributed by atoms with Gasteiger partial charge in [0.15, 0.2) is 5.69 Å². The summed E-state index contributed by atoms with van der Waals surface area (Å²) in [6.45, 7) is 4.85. The van der Waals surface area contributed by atoms with Crippen molar-refractivity contribution in [2.45, 2.75) is 25.6 Å². The minimum atomic E-state index is -4.49. The molecular weight excluding hydrogens is 417 g/mol. The van der Waals surface area contributed by atoms with Crippen LogP contribution >= 0.6 is 0 Å². The molecule has 5 rings (SSSR count). The van der Waals surface area contributed by atoms with E-state index in [9.17, 15) is 13.2 Å². The molecule has 1 aromatic carbocycles. The van der Waals surface area contributed by atoms with Crippen LogP contribution in [0.2, 0.25) is 0 Å². The molecular formula is C23H23F3N6. The number of benzene rings is 1. The highest BCUT2D eigenvalue weighted by Crippen LogP contribution is 2.29. The van der Waals surface area contributed by atoms with Gasteiger partial charge in [-0.15, -0.1) is 10.2 Å². The van der Waals surface area contributed by atoms with E-state index in [0.717, 1.165) is 41.3 Å². The number of alkyl halides is 3. The van der Waals surface area contributed by atoms with Gasteiger partial charge in [0.2, 0.25) is 0 Å². The highest BCUT2D eigenvalue weighted by atomic mass is 19.4. The van der Waals surface area contributed by atoms with Gasteiger partial charge in [-0.1, -0.05) is 6.08 Å². The minimum Gasteiger partial charge on any atom is -0.344 e. The van der Waals surface area contributed by atoms with Gasteiger partial charge in [-0.3, -0.25) is 4.68 Å². The molecule has 2 aliphatic heterocycles. The average molecular weight is 440 g/mol. The molecule has 0 spiro atoms. The summed E-state index contributed by atoms with van der Waals surface area (Å²) in [7, 11) is 0. The van der Waals surface area contributed by atoms with E-state index in [1.807, 2.05) is 24.5 Å². The Morgan fingerprint density at radius 1 is 0.969 bits per heavy atom. The van der Waals surface area contributed by atoms with Crippen LogP contribution in [0, 0.1) is 0 Å². The van der Waals surface area contributed by atoms with Crippen molar-refractivity contribution in [2.75, 3.05) is 31.1 Å². The van der Waals surface area contributed by atoms with Crippen LogP contribution in [0.3, 0.4) is 0 Å². The quantitative estimate of drug-likeness (QED) is 0.590. The van der Waals surface area contributed by atoms with Crippen molar-refractivity contribution in [3.8, 4) is 0 Å². The zero-order valence-electron chi connectivity index (χ0n) is 17.5. The second-order valence-electron chi connectivity index (χ2n) is 8.09. The lowest BCUT2D eigenvalue weighted by Crippen LogP contribution is -2.24. The van der Waals surface area contributed by atoms with E-state index in [0.29, 0.717) is 12.2 Å². The summed E-state index contributed by atoms with van der Waals surface area (Å²) in [5.74, 6) is 0. The van der Waals surface area contributed by atoms with Crippen molar-refractivity contribution in [1.29, 1.82) is 0 Å². The second-order valence-corrected chi connectivity index (χ2v) is 8.09. The molecule has 166 valence electrons. The summed E-state index contributed by atoms with van der Waals surface area (Å²) >= 11 is 0. The molecule has 0 amide bonds. The normalized spacial score (nSPS) is 17.3. The Bertz CT molecular complexity index is 1160. The highest BCUT2D eigenvalue weighted by Gasteiger charge is 2.33. The lowest BCUT2D eigenvalue weighted by molar-refractivity contribution is -0.141. The fourth-order valence-electron chi connectivity index (χ4n) is 4.19. The molecule has 0 radical (unpaired) electrons. The van der Waals surface area contributed by atoms with Crippen LogP contribution in [0.15, 0.2) is 54.9 Å². The van der Waals surface area contributed by atoms with Gasteiger partial charge in [-0.05, 0) is 62.3 Å². The standard InChI is InChI=1S/C23H23F3N6/c24-23(25,26)22-6-4-20(28-29-22)17-7-11-31(12-8-17)19-3-5-21-18(15-19)16-27-32(21)14-13-30-9-1-2-10-30/h3-8,11,15-16H,1-2,9-10,12-14H2. The van der Waals surface area contributed by atoms with Gasteiger partial charge in [-0.25, -0.2) is 0 Å². The first kappa shape index (κ1) is 20.7. The number of aromatic nitrogens is 4. The van der Waals surface area contributed by atoms with E-state index in [2.05, 4.69) is 48.0 Å². The summed E-state index contributed by atoms with van der Waals surface area (Å²) in [6, 6.07) is 8.58. The highest BCUT2D eigenvalue weighted by molar-refractivity contribution is 5.84. The number of allylic oxidation sites excluding steroid dienone is 2. The number of fused-ring (bicyclic) bond motifs is 1. The maximum Gasteiger partial charge on any atom is 0.435 e. The number of likely N-dealkylation sites (tertiary alicyclic amines) is 1. The molecule has 6 nitrogen and oxygen atoms in total. The summed E-state index contributed by atoms with van der Waals surface area (Å²) in [5, 5.41) is 12.7. The first-order chi connectivity index (χ1) is 15.5. The summed E-state index contributed by atoms with van der Waals surface area (Å²) < 4.78 is 40.1. The van der Waals surface area contributed by atoms with Crippen molar-refractivity contribution < 1.29 is 13.2 Å². The van der Waals surface area contributed by atoms with Crippen LogP contribution in [0.1, 0.15) is 24.2 Å². The number of hydrogen-bond acceptors (Lipinski definition) is 5. The summed E-state index contributed by atoms with van der Waals surface area (Å²) in [4.78, 5) is 4.55. The molecule has 2 aliphatic rings. The molecule has 1 fully saturated rings. The van der Waals surface area contributed by atoms with Crippen molar-refractivity contribution in [3.05, 3.63) is 66.3 Å². The van der Waals surface area contributed by atoms with Gasteiger partial charge < -0.3 is 9.80 Å². The third-order valence-corrected chi connectivity index (χ3v) is 5.98. The maximum absolute atomic E-state index is 12.7. The van der Waals surface area contributed by atoms with Crippen LogP contribution < -0.4 is 4.90 Å². The zero-order chi connectivity index (χ0) is 22.1. The van der Waals surface area contributed by atoms with Crippen LogP contribution in [-0.2, 0) is 12.7 Å². The molecule has 0 unspecified atom stereocenters. The molecule has 4 heterocycles. The number of anilines is 1. The molecule has 0 atom stereocenters. The topological polar surface area (TPSA) is 50.1 Å². The monoisotopic (exact) mass is 440 g/mol. The smallest absolute Gasteiger partial charge is 0.344 e. The Labute approximate surface area is 183 Å². The third kappa shape index (κ3) is 4.25. The Kier molecular flexibility index (Phi) is 5.42. The number of hydrogen-bond donors (Lipinski definition) is 0. The van der Waals surface area contributed by atoms with Crippen LogP contribution in [0.25, 0.3) is 16.5 Å². The van der Waals surface area contributed by atoms with Gasteiger partial charge in [0, 0.05) is 35.9 Å². The Morgan fingerprint density at radius 2 is 1.81 bits per heavy atom. The van der Waals surface area contributed by atoms with Gasteiger partial charge >= 0.3 is 6.18 Å². The first-order valence-electron chi connectivity index (χ1n) is 10.7. The molecule has 0 aliphatic carbocycles. The van der Waals surface area contributed by atoms with Crippen molar-refractivity contribution >= 4 is 22.2 Å². The number of rotatable bonds is 5. The molecule has 2 aromatic heterocycles. The summed E-state index contributed by atoms with van der Waals surface area (Å²) in [6.07, 6.45) is 5.66. The van der Waals surface area contributed by atoms with E-state index in [-0.39, 0.29) is 0 Å². The lowest BCUT2D eigenvalue weighted by atomic mass is 10.1. The molecule has 0 N–H and O–H groups in total. The van der Waals surface area contributed by atoms with Crippen molar-refractivity contribution in [3.63, 3.8) is 0 Å². The molecule has 32 heavy (non-hydrogen) atoms. The molecule has 1 saturated heterocycles. The predicted octanol–water partition coefficient (Wildman–Crippen LogP) is 4.36. The van der Waals surface area contributed by atoms with Gasteiger partial charge in [-0.2, -0.15) is 18.3 Å². The molecule has 9 heteroatoms. The van der Waals surface area contributed by atoms with Crippen molar-refractivity contribution in [2.24, 2.45) is 0 Å². The van der Waals surface area contributed by atoms with Gasteiger partial charge in [0.25, 0.3) is 0 Å². The predicted molar refractivity (Wildman–Crippen MR) is 117 cm³/mol. The van der Waals surface area contributed by atoms with Crippen LogP contribution in [0.4, 0.5) is 18.9 Å². The Balaban J connectivity index is 1.26. The SMILES string of the molecule is FC(F)(F)c1ccc(C2=CCN(c3ccc4c(cnn4CCN4CCCC4)c3)C=C2)nn1. The van der Waals surface area contributed by atoms with E-state index in [4.69, 9.17) is 0 Å². The largest absolute Gasteiger partial charge is 0.435 e. The minimum absolute atomic E-state index is 0.420. The van der Waals surface area contributed by atoms with Gasteiger partial charge in [0.1, 0.15) is 0 Å². The number of halogens is 3. The van der Waals surface area contributed by atoms with E-state index in [1.54, 1.807) is 0 Å². The van der Waals surface area contributed by atoms with Gasteiger partial charge in [0.05, 0.1) is 24.0 Å². The third-order valence-electron chi connectivity index (χ3n) is 5.98. The number of nitrogens with zero attached hydrogens (tertiary/aromatic N) is 6. The molecule has 3 aromatic rings. The second kappa shape index (κ2) is 8.38. The lowest BCUT2D eigenvalue weighted by Gasteiger charge is -2.23. The van der Waals surface area contributed by atoms with E-state index in [1.165, 1.54) is 32.0 Å². The Morgan fingerprint density at radius 3 is 2.50 bits per heavy atom. The maximum atomic E-state index is 12.7. The first-order valence-corrected chi connectivity index (χ1v) is 10.7. The molecule has 0 bridgehead atoms. The molecule has 0 saturated carbocycles. The fraction of sp³-hybridized carbons (Fsp3) is 0.348. The van der Waals surface area contributed by atoms with E-state index >= 15 is 0 Å². The van der Waals surface area contributed by atoms with E-state index < -0.39 is 11.9 Å². The zero-order valence-corrected chi connectivity index (χ0v) is 17.5. The van der Waals surface area contributed by atoms with Crippen LogP contribution in [0.5, 0.6) is 0 Å². The van der Waals surface area contributed by atoms with Crippen molar-refractivity contribution in [1.82, 2.24) is 24.9 Å². The average Bonchev–Trinajstić information content (AvgIpc) is 3.47. The summed E-state index contributed by atoms with van der Waals surface area (Å²) in [5.41, 5.74) is 2.33.